The van der Waals surface area contributed by atoms with Gasteiger partial charge in [0.15, 0.2) is 0 Å². The smallest absolute Gasteiger partial charge is 0.140 e. The normalized spacial score (nSPS) is 15.4. The average Bonchev–Trinajstić information content (AvgIpc) is 2.91. The summed E-state index contributed by atoms with van der Waals surface area (Å²) in [5.41, 5.74) is 4.06. The van der Waals surface area contributed by atoms with Gasteiger partial charge in [0.05, 0.1) is 23.8 Å². The molecule has 1 saturated heterocycles. The Balaban J connectivity index is 2.25. The maximum absolute atomic E-state index is 9.10. The second kappa shape index (κ2) is 7.03. The maximum atomic E-state index is 9.10. The predicted molar refractivity (Wildman–Crippen MR) is 81.8 cm³/mol. The Labute approximate surface area is 123 Å². The molecular weight excluding hydrogens is 276 g/mol. The minimum Gasteiger partial charge on any atom is -0.396 e. The van der Waals surface area contributed by atoms with Crippen molar-refractivity contribution in [3.05, 3.63) is 15.8 Å². The highest BCUT2D eigenvalue weighted by molar-refractivity contribution is 7.14. The van der Waals surface area contributed by atoms with Crippen molar-refractivity contribution < 1.29 is 9.84 Å². The number of aliphatic hydroxyl groups is 1. The lowest BCUT2D eigenvalue weighted by Gasteiger charge is -2.29. The first-order valence-electron chi connectivity index (χ1n) is 6.73. The Kier molecular flexibility index (Phi) is 5.36. The van der Waals surface area contributed by atoms with Gasteiger partial charge in [0.1, 0.15) is 5.84 Å². The number of rotatable bonds is 5. The van der Waals surface area contributed by atoms with Crippen molar-refractivity contribution >= 4 is 22.9 Å². The lowest BCUT2D eigenvalue weighted by Crippen LogP contribution is -2.41. The standard InChI is InChI=1S/C13H22N4O2S/c1-15-16(2)11-9-10(3-6-18)20-12(11)13(14)17-4-7-19-8-5-17/h9,14-15,18H,3-8H2,1-2H3. The second-order valence-corrected chi connectivity index (χ2v) is 5.77. The summed E-state index contributed by atoms with van der Waals surface area (Å²) in [6, 6.07) is 2.04. The van der Waals surface area contributed by atoms with E-state index in [-0.39, 0.29) is 6.61 Å². The molecule has 0 spiro atoms. The number of hydrogen-bond acceptors (Lipinski definition) is 6. The van der Waals surface area contributed by atoms with Crippen LogP contribution in [0.25, 0.3) is 0 Å². The number of hydrazine groups is 1. The molecular formula is C13H22N4O2S. The zero-order valence-electron chi connectivity index (χ0n) is 12.0. The number of anilines is 1. The van der Waals surface area contributed by atoms with Gasteiger partial charge in [0.25, 0.3) is 0 Å². The van der Waals surface area contributed by atoms with Gasteiger partial charge in [-0.25, -0.2) is 5.43 Å². The van der Waals surface area contributed by atoms with E-state index in [0.717, 1.165) is 28.5 Å². The van der Waals surface area contributed by atoms with Gasteiger partial charge in [-0.3, -0.25) is 5.41 Å². The number of amidine groups is 1. The van der Waals surface area contributed by atoms with Gasteiger partial charge in [0.2, 0.25) is 0 Å². The van der Waals surface area contributed by atoms with E-state index in [2.05, 4.69) is 5.43 Å². The van der Waals surface area contributed by atoms with Crippen molar-refractivity contribution in [2.75, 3.05) is 52.0 Å². The first-order valence-corrected chi connectivity index (χ1v) is 7.55. The third-order valence-electron chi connectivity index (χ3n) is 3.36. The summed E-state index contributed by atoms with van der Waals surface area (Å²) in [7, 11) is 3.78. The molecule has 0 aromatic carbocycles. The molecule has 1 aliphatic rings. The SMILES string of the molecule is CNN(C)c1cc(CCO)sc1C(=N)N1CCOCC1. The van der Waals surface area contributed by atoms with Crippen LogP contribution in [0.1, 0.15) is 9.75 Å². The Hall–Kier alpha value is -1.15. The number of morpholine rings is 1. The van der Waals surface area contributed by atoms with Gasteiger partial charge >= 0.3 is 0 Å². The van der Waals surface area contributed by atoms with Crippen molar-refractivity contribution in [2.45, 2.75) is 6.42 Å². The molecule has 1 aromatic heterocycles. The molecule has 0 bridgehead atoms. The lowest BCUT2D eigenvalue weighted by atomic mass is 10.2. The monoisotopic (exact) mass is 298 g/mol. The summed E-state index contributed by atoms with van der Waals surface area (Å²) in [4.78, 5) is 4.08. The molecule has 0 unspecified atom stereocenters. The van der Waals surface area contributed by atoms with Gasteiger partial charge in [-0.05, 0) is 6.07 Å². The summed E-state index contributed by atoms with van der Waals surface area (Å²) in [5, 5.41) is 19.4. The third kappa shape index (κ3) is 3.29. The number of thiophene rings is 1. The van der Waals surface area contributed by atoms with E-state index in [1.54, 1.807) is 11.3 Å². The first-order chi connectivity index (χ1) is 9.67. The van der Waals surface area contributed by atoms with E-state index in [9.17, 15) is 0 Å². The van der Waals surface area contributed by atoms with Crippen LogP contribution < -0.4 is 10.4 Å². The summed E-state index contributed by atoms with van der Waals surface area (Å²) in [6.07, 6.45) is 0.631. The van der Waals surface area contributed by atoms with E-state index in [1.807, 2.05) is 30.1 Å². The summed E-state index contributed by atoms with van der Waals surface area (Å²) in [6.45, 7) is 3.00. The van der Waals surface area contributed by atoms with Crippen LogP contribution in [-0.4, -0.2) is 62.8 Å². The number of nitrogens with zero attached hydrogens (tertiary/aromatic N) is 2. The highest BCUT2D eigenvalue weighted by Crippen LogP contribution is 2.30. The molecule has 2 rings (SSSR count). The van der Waals surface area contributed by atoms with Crippen molar-refractivity contribution in [2.24, 2.45) is 0 Å². The zero-order valence-corrected chi connectivity index (χ0v) is 12.8. The molecule has 1 aliphatic heterocycles. The van der Waals surface area contributed by atoms with Crippen LogP contribution in [0.3, 0.4) is 0 Å². The van der Waals surface area contributed by atoms with Crippen LogP contribution in [0.5, 0.6) is 0 Å². The Bertz CT molecular complexity index is 457. The molecule has 7 heteroatoms. The zero-order chi connectivity index (χ0) is 14.5. The fourth-order valence-corrected chi connectivity index (χ4v) is 3.29. The van der Waals surface area contributed by atoms with Gasteiger partial charge in [-0.15, -0.1) is 11.3 Å². The van der Waals surface area contributed by atoms with Crippen LogP contribution in [0.2, 0.25) is 0 Å². The maximum Gasteiger partial charge on any atom is 0.140 e. The van der Waals surface area contributed by atoms with E-state index in [1.165, 1.54) is 0 Å². The molecule has 2 heterocycles. The van der Waals surface area contributed by atoms with Crippen molar-refractivity contribution in [1.29, 1.82) is 5.41 Å². The first kappa shape index (κ1) is 15.2. The molecule has 0 radical (unpaired) electrons. The Morgan fingerprint density at radius 2 is 2.25 bits per heavy atom. The number of aliphatic hydroxyl groups excluding tert-OH is 1. The molecule has 6 nitrogen and oxygen atoms in total. The van der Waals surface area contributed by atoms with Crippen LogP contribution >= 0.6 is 11.3 Å². The van der Waals surface area contributed by atoms with Crippen molar-refractivity contribution in [1.82, 2.24) is 10.3 Å². The predicted octanol–water partition coefficient (Wildman–Crippen LogP) is 0.511. The van der Waals surface area contributed by atoms with Crippen molar-refractivity contribution in [3.63, 3.8) is 0 Å². The van der Waals surface area contributed by atoms with Gasteiger partial charge in [0, 0.05) is 45.1 Å². The molecule has 112 valence electrons. The fraction of sp³-hybridized carbons (Fsp3) is 0.615. The van der Waals surface area contributed by atoms with Crippen molar-refractivity contribution in [3.8, 4) is 0 Å². The minimum absolute atomic E-state index is 0.132. The van der Waals surface area contributed by atoms with Crippen LogP contribution in [-0.2, 0) is 11.2 Å². The van der Waals surface area contributed by atoms with E-state index in [0.29, 0.717) is 25.5 Å². The molecule has 20 heavy (non-hydrogen) atoms. The molecule has 0 saturated carbocycles. The second-order valence-electron chi connectivity index (χ2n) is 4.63. The molecule has 3 N–H and O–H groups in total. The summed E-state index contributed by atoms with van der Waals surface area (Å²) < 4.78 is 5.34. The Morgan fingerprint density at radius 1 is 1.55 bits per heavy atom. The average molecular weight is 298 g/mol. The number of ether oxygens (including phenoxy) is 1. The molecule has 0 atom stereocenters. The van der Waals surface area contributed by atoms with Crippen LogP contribution in [0.15, 0.2) is 6.07 Å². The molecule has 1 aromatic rings. The summed E-state index contributed by atoms with van der Waals surface area (Å²) >= 11 is 1.58. The van der Waals surface area contributed by atoms with Crippen LogP contribution in [0, 0.1) is 5.41 Å². The van der Waals surface area contributed by atoms with Gasteiger partial charge in [-0.2, -0.15) is 0 Å². The Morgan fingerprint density at radius 3 is 2.85 bits per heavy atom. The molecule has 0 aliphatic carbocycles. The largest absolute Gasteiger partial charge is 0.396 e. The third-order valence-corrected chi connectivity index (χ3v) is 4.55. The number of hydrogen-bond donors (Lipinski definition) is 3. The highest BCUT2D eigenvalue weighted by Gasteiger charge is 2.22. The number of nitrogens with one attached hydrogen (secondary N) is 2. The molecule has 1 fully saturated rings. The van der Waals surface area contributed by atoms with Gasteiger partial charge < -0.3 is 19.8 Å². The van der Waals surface area contributed by atoms with E-state index < -0.39 is 0 Å². The lowest BCUT2D eigenvalue weighted by molar-refractivity contribution is 0.0680. The van der Waals surface area contributed by atoms with Gasteiger partial charge in [-0.1, -0.05) is 0 Å². The van der Waals surface area contributed by atoms with E-state index in [4.69, 9.17) is 15.3 Å². The van der Waals surface area contributed by atoms with E-state index >= 15 is 0 Å². The quantitative estimate of drug-likeness (QED) is 0.420. The fourth-order valence-electron chi connectivity index (χ4n) is 2.13. The molecule has 0 amide bonds. The highest BCUT2D eigenvalue weighted by atomic mass is 32.1. The topological polar surface area (TPSA) is 71.8 Å². The minimum atomic E-state index is 0.132. The van der Waals surface area contributed by atoms with Crippen LogP contribution in [0.4, 0.5) is 5.69 Å². The summed E-state index contributed by atoms with van der Waals surface area (Å²) in [5.74, 6) is 0.541.